The Kier molecular flexibility index (Phi) is 5.11. The van der Waals surface area contributed by atoms with E-state index in [-0.39, 0.29) is 17.5 Å². The third-order valence-corrected chi connectivity index (χ3v) is 3.70. The molecule has 1 aliphatic rings. The van der Waals surface area contributed by atoms with Gasteiger partial charge in [0, 0.05) is 6.42 Å². The quantitative estimate of drug-likeness (QED) is 0.647. The minimum Gasteiger partial charge on any atom is -0.480 e. The summed E-state index contributed by atoms with van der Waals surface area (Å²) in [6.07, 6.45) is 6.35. The minimum atomic E-state index is -1.21. The number of hydrogen-bond acceptors (Lipinski definition) is 3. The number of carboxylic acids is 1. The Bertz CT molecular complexity index is 668. The molecule has 1 heterocycles. The van der Waals surface area contributed by atoms with Crippen LogP contribution in [0.4, 0.5) is 0 Å². The Hall–Kier alpha value is -2.69. The van der Waals surface area contributed by atoms with Crippen LogP contribution in [0.3, 0.4) is 0 Å². The summed E-state index contributed by atoms with van der Waals surface area (Å²) < 4.78 is 0. The monoisotopic (exact) mass is 313 g/mol. The number of allylic oxidation sites excluding steroid dienone is 3. The number of aliphatic carboxylic acids is 1. The maximum atomic E-state index is 12.5. The SMILES string of the molecule is C/C=C\C(=C/CC)CC(C(=O)O)N1C(=O)c2ccccc2C1=O. The zero-order valence-corrected chi connectivity index (χ0v) is 13.2. The first kappa shape index (κ1) is 16.7. The average Bonchev–Trinajstić information content (AvgIpc) is 2.77. The largest absolute Gasteiger partial charge is 0.480 e. The van der Waals surface area contributed by atoms with Gasteiger partial charge in [0.05, 0.1) is 11.1 Å². The van der Waals surface area contributed by atoms with Crippen LogP contribution in [0.5, 0.6) is 0 Å². The van der Waals surface area contributed by atoms with Crippen LogP contribution in [-0.4, -0.2) is 33.8 Å². The van der Waals surface area contributed by atoms with Gasteiger partial charge in [0.25, 0.3) is 11.8 Å². The molecular weight excluding hydrogens is 294 g/mol. The molecule has 1 aromatic carbocycles. The molecule has 120 valence electrons. The van der Waals surface area contributed by atoms with Crippen molar-refractivity contribution in [2.45, 2.75) is 32.7 Å². The molecule has 1 N–H and O–H groups in total. The van der Waals surface area contributed by atoms with Crippen molar-refractivity contribution in [2.24, 2.45) is 0 Å². The molecule has 5 nitrogen and oxygen atoms in total. The lowest BCUT2D eigenvalue weighted by atomic mass is 10.0. The second-order valence-corrected chi connectivity index (χ2v) is 5.27. The van der Waals surface area contributed by atoms with Crippen molar-refractivity contribution < 1.29 is 19.5 Å². The number of hydrogen-bond donors (Lipinski definition) is 1. The molecule has 23 heavy (non-hydrogen) atoms. The van der Waals surface area contributed by atoms with Crippen LogP contribution >= 0.6 is 0 Å². The highest BCUT2D eigenvalue weighted by molar-refractivity contribution is 6.22. The van der Waals surface area contributed by atoms with E-state index in [1.807, 2.05) is 26.0 Å². The molecule has 0 aromatic heterocycles. The van der Waals surface area contributed by atoms with Gasteiger partial charge in [0.1, 0.15) is 6.04 Å². The van der Waals surface area contributed by atoms with Crippen molar-refractivity contribution >= 4 is 17.8 Å². The Balaban J connectivity index is 2.37. The summed E-state index contributed by atoms with van der Waals surface area (Å²) in [4.78, 5) is 37.4. The number of rotatable bonds is 6. The van der Waals surface area contributed by atoms with Crippen LogP contribution in [0.2, 0.25) is 0 Å². The molecule has 0 fully saturated rings. The molecule has 0 aliphatic carbocycles. The molecule has 1 unspecified atom stereocenters. The summed E-state index contributed by atoms with van der Waals surface area (Å²) in [6, 6.07) is 5.19. The van der Waals surface area contributed by atoms with Gasteiger partial charge in [-0.25, -0.2) is 4.79 Å². The van der Waals surface area contributed by atoms with E-state index >= 15 is 0 Å². The summed E-state index contributed by atoms with van der Waals surface area (Å²) in [7, 11) is 0. The second-order valence-electron chi connectivity index (χ2n) is 5.27. The molecule has 0 bridgehead atoms. The molecule has 1 atom stereocenters. The summed E-state index contributed by atoms with van der Waals surface area (Å²) in [5, 5.41) is 9.54. The Morgan fingerprint density at radius 1 is 1.22 bits per heavy atom. The molecule has 2 rings (SSSR count). The number of amides is 2. The third kappa shape index (κ3) is 3.23. The van der Waals surface area contributed by atoms with Gasteiger partial charge in [0.2, 0.25) is 0 Å². The van der Waals surface area contributed by atoms with Crippen molar-refractivity contribution in [1.29, 1.82) is 0 Å². The number of benzene rings is 1. The predicted octanol–water partition coefficient (Wildman–Crippen LogP) is 3.04. The lowest BCUT2D eigenvalue weighted by Crippen LogP contribution is -2.45. The lowest BCUT2D eigenvalue weighted by Gasteiger charge is -2.23. The van der Waals surface area contributed by atoms with Crippen molar-refractivity contribution in [2.75, 3.05) is 0 Å². The van der Waals surface area contributed by atoms with E-state index in [2.05, 4.69) is 0 Å². The predicted molar refractivity (Wildman–Crippen MR) is 86.2 cm³/mol. The summed E-state index contributed by atoms with van der Waals surface area (Å²) in [5.41, 5.74) is 1.31. The molecule has 1 aliphatic heterocycles. The van der Waals surface area contributed by atoms with E-state index < -0.39 is 23.8 Å². The van der Waals surface area contributed by atoms with Gasteiger partial charge >= 0.3 is 5.97 Å². The lowest BCUT2D eigenvalue weighted by molar-refractivity contribution is -0.141. The van der Waals surface area contributed by atoms with Crippen LogP contribution in [0.1, 0.15) is 47.4 Å². The Morgan fingerprint density at radius 2 is 1.78 bits per heavy atom. The molecule has 0 saturated heterocycles. The van der Waals surface area contributed by atoms with Crippen LogP contribution in [0.15, 0.2) is 48.1 Å². The normalized spacial score (nSPS) is 16.1. The van der Waals surface area contributed by atoms with E-state index in [9.17, 15) is 19.5 Å². The van der Waals surface area contributed by atoms with Gasteiger partial charge in [-0.1, -0.05) is 37.3 Å². The fraction of sp³-hybridized carbons (Fsp3) is 0.278. The standard InChI is InChI=1S/C18H19NO4/c1-3-7-12(8-4-2)11-15(18(22)23)19-16(20)13-9-5-6-10-14(13)17(19)21/h3,5-10,15H,4,11H2,1-2H3,(H,22,23)/b7-3-,12-8+. The zero-order valence-electron chi connectivity index (χ0n) is 13.2. The number of carbonyl (C=O) groups excluding carboxylic acids is 2. The number of nitrogens with zero attached hydrogens (tertiary/aromatic N) is 1. The van der Waals surface area contributed by atoms with Crippen LogP contribution in [0, 0.1) is 0 Å². The molecule has 0 radical (unpaired) electrons. The van der Waals surface area contributed by atoms with Gasteiger partial charge in [-0.3, -0.25) is 14.5 Å². The summed E-state index contributed by atoms with van der Waals surface area (Å²) in [6.45, 7) is 3.78. The van der Waals surface area contributed by atoms with Gasteiger partial charge in [-0.05, 0) is 31.1 Å². The molecule has 1 aromatic rings. The first-order chi connectivity index (χ1) is 11.0. The topological polar surface area (TPSA) is 74.7 Å². The highest BCUT2D eigenvalue weighted by Gasteiger charge is 2.42. The number of imide groups is 1. The number of fused-ring (bicyclic) bond motifs is 1. The molecular formula is C18H19NO4. The fourth-order valence-corrected chi connectivity index (χ4v) is 2.70. The van der Waals surface area contributed by atoms with Crippen molar-refractivity contribution in [3.05, 3.63) is 59.2 Å². The van der Waals surface area contributed by atoms with Gasteiger partial charge in [-0.2, -0.15) is 0 Å². The maximum absolute atomic E-state index is 12.5. The molecule has 2 amide bonds. The molecule has 0 saturated carbocycles. The van der Waals surface area contributed by atoms with Gasteiger partial charge in [0.15, 0.2) is 0 Å². The third-order valence-electron chi connectivity index (χ3n) is 3.70. The van der Waals surface area contributed by atoms with Crippen molar-refractivity contribution in [3.8, 4) is 0 Å². The molecule has 5 heteroatoms. The maximum Gasteiger partial charge on any atom is 0.327 e. The smallest absolute Gasteiger partial charge is 0.327 e. The second kappa shape index (κ2) is 7.05. The number of carboxylic acid groups (broad SMARTS) is 1. The van der Waals surface area contributed by atoms with Crippen molar-refractivity contribution in [1.82, 2.24) is 4.90 Å². The van der Waals surface area contributed by atoms with Crippen LogP contribution in [0.25, 0.3) is 0 Å². The van der Waals surface area contributed by atoms with E-state index in [0.717, 1.165) is 16.9 Å². The Morgan fingerprint density at radius 3 is 2.22 bits per heavy atom. The van der Waals surface area contributed by atoms with E-state index in [4.69, 9.17) is 0 Å². The fourth-order valence-electron chi connectivity index (χ4n) is 2.70. The van der Waals surface area contributed by atoms with Gasteiger partial charge < -0.3 is 5.11 Å². The summed E-state index contributed by atoms with van der Waals surface area (Å²) in [5.74, 6) is -2.28. The summed E-state index contributed by atoms with van der Waals surface area (Å²) >= 11 is 0. The van der Waals surface area contributed by atoms with Gasteiger partial charge in [-0.15, -0.1) is 0 Å². The average molecular weight is 313 g/mol. The van der Waals surface area contributed by atoms with Crippen LogP contribution < -0.4 is 0 Å². The first-order valence-corrected chi connectivity index (χ1v) is 7.52. The first-order valence-electron chi connectivity index (χ1n) is 7.52. The van der Waals surface area contributed by atoms with E-state index in [1.54, 1.807) is 30.3 Å². The van der Waals surface area contributed by atoms with Crippen LogP contribution in [-0.2, 0) is 4.79 Å². The minimum absolute atomic E-state index is 0.0962. The Labute approximate surface area is 134 Å². The molecule has 0 spiro atoms. The highest BCUT2D eigenvalue weighted by Crippen LogP contribution is 2.27. The van der Waals surface area contributed by atoms with E-state index in [0.29, 0.717) is 0 Å². The zero-order chi connectivity index (χ0) is 17.0. The van der Waals surface area contributed by atoms with Crippen molar-refractivity contribution in [3.63, 3.8) is 0 Å². The van der Waals surface area contributed by atoms with E-state index in [1.165, 1.54) is 0 Å². The highest BCUT2D eigenvalue weighted by atomic mass is 16.4. The number of carbonyl (C=O) groups is 3.